The third-order valence-corrected chi connectivity index (χ3v) is 5.07. The third kappa shape index (κ3) is 5.63. The van der Waals surface area contributed by atoms with Gasteiger partial charge in [0.1, 0.15) is 5.82 Å². The number of nitrogens with one attached hydrogen (secondary N) is 3. The molecule has 2 aromatic rings. The van der Waals surface area contributed by atoms with Gasteiger partial charge in [-0.3, -0.25) is 14.4 Å². The van der Waals surface area contributed by atoms with Crippen molar-refractivity contribution in [1.29, 1.82) is 0 Å². The van der Waals surface area contributed by atoms with Crippen LogP contribution in [-0.4, -0.2) is 17.7 Å². The van der Waals surface area contributed by atoms with Crippen LogP contribution < -0.4 is 16.0 Å². The van der Waals surface area contributed by atoms with E-state index in [0.717, 1.165) is 0 Å². The second-order valence-corrected chi connectivity index (χ2v) is 7.27. The second kappa shape index (κ2) is 9.32. The molecular formula is C22H24FN3O3. The summed E-state index contributed by atoms with van der Waals surface area (Å²) in [5, 5.41) is 8.19. The summed E-state index contributed by atoms with van der Waals surface area (Å²) in [4.78, 5) is 35.9. The van der Waals surface area contributed by atoms with E-state index in [1.54, 1.807) is 36.4 Å². The highest BCUT2D eigenvalue weighted by atomic mass is 19.1. The zero-order chi connectivity index (χ0) is 20.8. The minimum atomic E-state index is -0.460. The van der Waals surface area contributed by atoms with Gasteiger partial charge in [0.05, 0.1) is 5.69 Å². The Morgan fingerprint density at radius 1 is 0.759 bits per heavy atom. The molecule has 0 spiro atoms. The number of carbonyl (C=O) groups excluding carboxylic acids is 3. The van der Waals surface area contributed by atoms with Crippen LogP contribution in [0.2, 0.25) is 0 Å². The Hall–Kier alpha value is -3.22. The molecule has 1 saturated carbocycles. The van der Waals surface area contributed by atoms with Crippen molar-refractivity contribution in [3.63, 3.8) is 0 Å². The first-order valence-electron chi connectivity index (χ1n) is 9.66. The maximum absolute atomic E-state index is 13.7. The van der Waals surface area contributed by atoms with Crippen molar-refractivity contribution in [3.05, 3.63) is 54.3 Å². The summed E-state index contributed by atoms with van der Waals surface area (Å²) in [6, 6.07) is 13.0. The SMILES string of the molecule is CC(=O)Nc1ccc(NC(=O)C2CCC(C(=O)Nc3ccccc3F)CC2)cc1. The number of hydrogen-bond donors (Lipinski definition) is 3. The summed E-state index contributed by atoms with van der Waals surface area (Å²) in [6.45, 7) is 1.43. The van der Waals surface area contributed by atoms with Crippen molar-refractivity contribution in [2.75, 3.05) is 16.0 Å². The molecule has 1 aliphatic rings. The number of para-hydroxylation sites is 1. The van der Waals surface area contributed by atoms with Gasteiger partial charge in [-0.25, -0.2) is 4.39 Å². The Balaban J connectivity index is 1.48. The summed E-state index contributed by atoms with van der Waals surface area (Å²) >= 11 is 0. The highest BCUT2D eigenvalue weighted by molar-refractivity contribution is 5.95. The lowest BCUT2D eigenvalue weighted by Gasteiger charge is -2.27. The molecule has 0 aromatic heterocycles. The Morgan fingerprint density at radius 3 is 1.76 bits per heavy atom. The van der Waals surface area contributed by atoms with Crippen LogP contribution in [0.4, 0.5) is 21.5 Å². The Kier molecular flexibility index (Phi) is 6.59. The van der Waals surface area contributed by atoms with Gasteiger partial charge in [-0.2, -0.15) is 0 Å². The van der Waals surface area contributed by atoms with E-state index in [-0.39, 0.29) is 35.2 Å². The van der Waals surface area contributed by atoms with Gasteiger partial charge < -0.3 is 16.0 Å². The minimum absolute atomic E-state index is 0.0785. The maximum atomic E-state index is 13.7. The maximum Gasteiger partial charge on any atom is 0.227 e. The number of hydrogen-bond acceptors (Lipinski definition) is 3. The lowest BCUT2D eigenvalue weighted by Crippen LogP contribution is -2.32. The number of rotatable bonds is 5. The molecule has 3 N–H and O–H groups in total. The summed E-state index contributed by atoms with van der Waals surface area (Å²) in [5.41, 5.74) is 1.50. The third-order valence-electron chi connectivity index (χ3n) is 5.07. The molecule has 0 bridgehead atoms. The fourth-order valence-electron chi connectivity index (χ4n) is 3.50. The van der Waals surface area contributed by atoms with Crippen LogP contribution in [0.3, 0.4) is 0 Å². The van der Waals surface area contributed by atoms with Crippen LogP contribution in [0, 0.1) is 17.7 Å². The first-order chi connectivity index (χ1) is 13.9. The molecule has 1 fully saturated rings. The lowest BCUT2D eigenvalue weighted by atomic mass is 9.81. The van der Waals surface area contributed by atoms with Gasteiger partial charge in [0.25, 0.3) is 0 Å². The van der Waals surface area contributed by atoms with Gasteiger partial charge in [0, 0.05) is 30.1 Å². The van der Waals surface area contributed by atoms with Crippen LogP contribution in [0.5, 0.6) is 0 Å². The molecule has 0 radical (unpaired) electrons. The van der Waals surface area contributed by atoms with Crippen LogP contribution >= 0.6 is 0 Å². The predicted molar refractivity (Wildman–Crippen MR) is 110 cm³/mol. The minimum Gasteiger partial charge on any atom is -0.326 e. The average Bonchev–Trinajstić information content (AvgIpc) is 2.71. The Morgan fingerprint density at radius 2 is 1.24 bits per heavy atom. The monoisotopic (exact) mass is 397 g/mol. The van der Waals surface area contributed by atoms with E-state index < -0.39 is 5.82 Å². The van der Waals surface area contributed by atoms with E-state index in [2.05, 4.69) is 16.0 Å². The summed E-state index contributed by atoms with van der Waals surface area (Å²) in [6.07, 6.45) is 2.37. The number of halogens is 1. The standard InChI is InChI=1S/C22H24FN3O3/c1-14(27)24-17-10-12-18(13-11-17)25-21(28)15-6-8-16(9-7-15)22(29)26-20-5-3-2-4-19(20)23/h2-5,10-13,15-16H,6-9H2,1H3,(H,24,27)(H,25,28)(H,26,29). The topological polar surface area (TPSA) is 87.3 Å². The van der Waals surface area contributed by atoms with Gasteiger partial charge in [0.15, 0.2) is 0 Å². The number of benzene rings is 2. The van der Waals surface area contributed by atoms with E-state index in [9.17, 15) is 18.8 Å². The van der Waals surface area contributed by atoms with Crippen molar-refractivity contribution >= 4 is 34.8 Å². The zero-order valence-electron chi connectivity index (χ0n) is 16.2. The normalized spacial score (nSPS) is 18.6. The second-order valence-electron chi connectivity index (χ2n) is 7.27. The van der Waals surface area contributed by atoms with Gasteiger partial charge in [-0.15, -0.1) is 0 Å². The molecule has 0 heterocycles. The lowest BCUT2D eigenvalue weighted by molar-refractivity contribution is -0.125. The van der Waals surface area contributed by atoms with E-state index in [1.807, 2.05) is 0 Å². The average molecular weight is 397 g/mol. The molecule has 3 rings (SSSR count). The molecule has 6 nitrogen and oxygen atoms in total. The number of amides is 3. The number of carbonyl (C=O) groups is 3. The fourth-order valence-corrected chi connectivity index (χ4v) is 3.50. The molecule has 0 atom stereocenters. The summed E-state index contributed by atoms with van der Waals surface area (Å²) < 4.78 is 13.7. The van der Waals surface area contributed by atoms with Crippen molar-refractivity contribution in [1.82, 2.24) is 0 Å². The van der Waals surface area contributed by atoms with Crippen molar-refractivity contribution in [3.8, 4) is 0 Å². The molecule has 29 heavy (non-hydrogen) atoms. The van der Waals surface area contributed by atoms with Crippen LogP contribution in [0.25, 0.3) is 0 Å². The molecule has 1 aliphatic carbocycles. The first-order valence-corrected chi connectivity index (χ1v) is 9.66. The van der Waals surface area contributed by atoms with Gasteiger partial charge >= 0.3 is 0 Å². The van der Waals surface area contributed by atoms with E-state index in [0.29, 0.717) is 37.1 Å². The summed E-state index contributed by atoms with van der Waals surface area (Å²) in [7, 11) is 0. The Bertz CT molecular complexity index is 890. The molecular weight excluding hydrogens is 373 g/mol. The van der Waals surface area contributed by atoms with E-state index in [1.165, 1.54) is 19.1 Å². The van der Waals surface area contributed by atoms with E-state index >= 15 is 0 Å². The quantitative estimate of drug-likeness (QED) is 0.708. The molecule has 3 amide bonds. The van der Waals surface area contributed by atoms with Gasteiger partial charge in [-0.1, -0.05) is 12.1 Å². The molecule has 7 heteroatoms. The first kappa shape index (κ1) is 20.5. The molecule has 0 aliphatic heterocycles. The van der Waals surface area contributed by atoms with Crippen LogP contribution in [0.1, 0.15) is 32.6 Å². The largest absolute Gasteiger partial charge is 0.326 e. The van der Waals surface area contributed by atoms with Gasteiger partial charge in [-0.05, 0) is 62.1 Å². The van der Waals surface area contributed by atoms with Crippen molar-refractivity contribution in [2.45, 2.75) is 32.6 Å². The molecule has 2 aromatic carbocycles. The zero-order valence-corrected chi connectivity index (χ0v) is 16.2. The molecule has 0 unspecified atom stereocenters. The van der Waals surface area contributed by atoms with Crippen molar-refractivity contribution < 1.29 is 18.8 Å². The van der Waals surface area contributed by atoms with Crippen LogP contribution in [-0.2, 0) is 14.4 Å². The fraction of sp³-hybridized carbons (Fsp3) is 0.318. The molecule has 152 valence electrons. The van der Waals surface area contributed by atoms with Crippen molar-refractivity contribution in [2.24, 2.45) is 11.8 Å². The van der Waals surface area contributed by atoms with Gasteiger partial charge in [0.2, 0.25) is 17.7 Å². The summed E-state index contributed by atoms with van der Waals surface area (Å²) in [5.74, 6) is -1.29. The molecule has 0 saturated heterocycles. The highest BCUT2D eigenvalue weighted by Gasteiger charge is 2.30. The predicted octanol–water partition coefficient (Wildman–Crippen LogP) is 4.17. The van der Waals surface area contributed by atoms with E-state index in [4.69, 9.17) is 0 Å². The number of anilines is 3. The smallest absolute Gasteiger partial charge is 0.227 e. The van der Waals surface area contributed by atoms with Crippen LogP contribution in [0.15, 0.2) is 48.5 Å². The highest BCUT2D eigenvalue weighted by Crippen LogP contribution is 2.31. The Labute approximate surface area is 168 Å².